The van der Waals surface area contributed by atoms with E-state index in [1.165, 1.54) is 42.7 Å². The number of hydrogen-bond acceptors (Lipinski definition) is 10. The van der Waals surface area contributed by atoms with Gasteiger partial charge in [0.05, 0.1) is 56.9 Å². The number of methoxy groups -OCH3 is 8. The van der Waals surface area contributed by atoms with Gasteiger partial charge in [-0.2, -0.15) is 0 Å². The van der Waals surface area contributed by atoms with Gasteiger partial charge in [-0.05, 0) is 59.7 Å². The van der Waals surface area contributed by atoms with Crippen molar-refractivity contribution in [3.05, 3.63) is 107 Å². The molecule has 0 saturated heterocycles. The Bertz CT molecular complexity index is 1730. The molecule has 260 valence electrons. The number of benzene rings is 4. The Morgan fingerprint density at radius 3 is 1.06 bits per heavy atom. The Labute approximate surface area is 288 Å². The molecule has 0 bridgehead atoms. The fourth-order valence-electron chi connectivity index (χ4n) is 5.46. The van der Waals surface area contributed by atoms with Crippen LogP contribution in [0.5, 0.6) is 46.0 Å². The van der Waals surface area contributed by atoms with Gasteiger partial charge < -0.3 is 37.9 Å². The number of sulfone groups is 1. The van der Waals surface area contributed by atoms with E-state index < -0.39 is 20.3 Å². The maximum Gasteiger partial charge on any atom is 0.203 e. The molecule has 11 heteroatoms. The first-order chi connectivity index (χ1) is 23.7. The maximum atomic E-state index is 15.0. The zero-order valence-corrected chi connectivity index (χ0v) is 29.7. The predicted octanol–water partition coefficient (Wildman–Crippen LogP) is 7.38. The lowest BCUT2D eigenvalue weighted by Gasteiger charge is -2.22. The Balaban J connectivity index is 1.93. The monoisotopic (exact) mass is 690 g/mol. The lowest BCUT2D eigenvalue weighted by atomic mass is 10.1. The molecule has 0 fully saturated rings. The molecule has 0 radical (unpaired) electrons. The Morgan fingerprint density at radius 1 is 0.429 bits per heavy atom. The molecule has 4 aromatic rings. The Hall–Kier alpha value is -5.29. The minimum Gasteiger partial charge on any atom is -0.497 e. The second kappa shape index (κ2) is 16.7. The quantitative estimate of drug-likeness (QED) is 0.118. The molecule has 2 atom stereocenters. The van der Waals surface area contributed by atoms with Gasteiger partial charge in [0, 0.05) is 11.1 Å². The van der Waals surface area contributed by atoms with E-state index in [2.05, 4.69) is 0 Å². The summed E-state index contributed by atoms with van der Waals surface area (Å²) in [4.78, 5) is 0. The molecule has 0 N–H and O–H groups in total. The van der Waals surface area contributed by atoms with Crippen molar-refractivity contribution in [2.75, 3.05) is 56.9 Å². The van der Waals surface area contributed by atoms with Crippen molar-refractivity contribution in [3.63, 3.8) is 0 Å². The van der Waals surface area contributed by atoms with Gasteiger partial charge in [0.1, 0.15) is 22.0 Å². The summed E-state index contributed by atoms with van der Waals surface area (Å²) in [6.07, 6.45) is 6.70. The van der Waals surface area contributed by atoms with Crippen molar-refractivity contribution in [3.8, 4) is 46.0 Å². The minimum atomic E-state index is -4.09. The van der Waals surface area contributed by atoms with Crippen LogP contribution in [0.25, 0.3) is 12.2 Å². The van der Waals surface area contributed by atoms with Crippen molar-refractivity contribution in [1.29, 1.82) is 0 Å². The summed E-state index contributed by atoms with van der Waals surface area (Å²) < 4.78 is 74.1. The molecule has 10 nitrogen and oxygen atoms in total. The van der Waals surface area contributed by atoms with E-state index in [0.29, 0.717) is 68.2 Å². The van der Waals surface area contributed by atoms with Gasteiger partial charge in [-0.15, -0.1) is 0 Å². The third-order valence-electron chi connectivity index (χ3n) is 7.97. The summed E-state index contributed by atoms with van der Waals surface area (Å²) in [5.41, 5.74) is 2.26. The first-order valence-corrected chi connectivity index (χ1v) is 16.8. The van der Waals surface area contributed by atoms with Crippen LogP contribution in [0.2, 0.25) is 0 Å². The van der Waals surface area contributed by atoms with Crippen LogP contribution in [0.1, 0.15) is 32.8 Å². The molecule has 0 aliphatic heterocycles. The second-order valence-corrected chi connectivity index (χ2v) is 12.7. The third-order valence-corrected chi connectivity index (χ3v) is 10.2. The lowest BCUT2D eigenvalue weighted by molar-refractivity contribution is 0.324. The Kier molecular flexibility index (Phi) is 12.5. The molecule has 0 saturated carbocycles. The van der Waals surface area contributed by atoms with E-state index in [1.807, 2.05) is 0 Å². The van der Waals surface area contributed by atoms with Crippen molar-refractivity contribution in [2.45, 2.75) is 10.5 Å². The van der Waals surface area contributed by atoms with E-state index in [4.69, 9.17) is 37.9 Å². The summed E-state index contributed by atoms with van der Waals surface area (Å²) in [6, 6.07) is 20.9. The number of ether oxygens (including phenoxy) is 8. The molecule has 2 unspecified atom stereocenters. The summed E-state index contributed by atoms with van der Waals surface area (Å²) in [7, 11) is 8.13. The largest absolute Gasteiger partial charge is 0.497 e. The zero-order valence-electron chi connectivity index (χ0n) is 28.9. The van der Waals surface area contributed by atoms with Crippen molar-refractivity contribution in [1.82, 2.24) is 0 Å². The van der Waals surface area contributed by atoms with Crippen molar-refractivity contribution >= 4 is 22.0 Å². The summed E-state index contributed by atoms with van der Waals surface area (Å²) in [6.45, 7) is 0. The fourth-order valence-corrected chi connectivity index (χ4v) is 7.44. The third kappa shape index (κ3) is 7.89. The van der Waals surface area contributed by atoms with E-state index in [9.17, 15) is 0 Å². The molecule has 49 heavy (non-hydrogen) atoms. The van der Waals surface area contributed by atoms with Crippen LogP contribution in [0.15, 0.2) is 84.9 Å². The fraction of sp³-hybridized carbons (Fsp3) is 0.263. The average Bonchev–Trinajstić information content (AvgIpc) is 3.14. The van der Waals surface area contributed by atoms with Gasteiger partial charge in [-0.3, -0.25) is 0 Å². The second-order valence-electron chi connectivity index (χ2n) is 10.5. The van der Waals surface area contributed by atoms with E-state index in [-0.39, 0.29) is 0 Å². The molecule has 0 amide bonds. The molecule has 0 aromatic heterocycles. The van der Waals surface area contributed by atoms with Gasteiger partial charge in [0.25, 0.3) is 0 Å². The first-order valence-electron chi connectivity index (χ1n) is 15.2. The standard InChI is InChI=1S/C38H42O10S/c1-41-29-17-9-25(10-18-29)33(23-15-27-13-21-31(43-3)37(47-7)35(27)45-5)49(39,40)34(26-11-19-30(42-2)20-12-26)24-16-28-14-22-32(44-4)38(48-8)36(28)46-6/h9-24,33-34H,1-8H3/b23-15+,24-16+. The Morgan fingerprint density at radius 2 is 0.776 bits per heavy atom. The maximum absolute atomic E-state index is 15.0. The normalized spacial score (nSPS) is 12.7. The van der Waals surface area contributed by atoms with Crippen molar-refractivity contribution in [2.24, 2.45) is 0 Å². The molecule has 0 aliphatic rings. The smallest absolute Gasteiger partial charge is 0.203 e. The van der Waals surface area contributed by atoms with Gasteiger partial charge in [0.15, 0.2) is 32.8 Å². The van der Waals surface area contributed by atoms with E-state index in [0.717, 1.165) is 0 Å². The highest BCUT2D eigenvalue weighted by molar-refractivity contribution is 7.92. The lowest BCUT2D eigenvalue weighted by Crippen LogP contribution is -2.19. The SMILES string of the molecule is COc1ccc(C(/C=C/c2ccc(OC)c(OC)c2OC)S(=O)(=O)C(/C=C/c2ccc(OC)c(OC)c2OC)c2ccc(OC)cc2)cc1. The van der Waals surface area contributed by atoms with Gasteiger partial charge >= 0.3 is 0 Å². The highest BCUT2D eigenvalue weighted by Gasteiger charge is 2.34. The van der Waals surface area contributed by atoms with Crippen LogP contribution in [0.3, 0.4) is 0 Å². The van der Waals surface area contributed by atoms with Gasteiger partial charge in [0.2, 0.25) is 11.5 Å². The summed E-state index contributed by atoms with van der Waals surface area (Å²) in [5.74, 6) is 3.72. The molecular formula is C38H42O10S. The van der Waals surface area contributed by atoms with E-state index in [1.54, 1.807) is 111 Å². The molecular weight excluding hydrogens is 648 g/mol. The average molecular weight is 691 g/mol. The van der Waals surface area contributed by atoms with Gasteiger partial charge in [-0.25, -0.2) is 8.42 Å². The molecule has 0 aliphatic carbocycles. The predicted molar refractivity (Wildman–Crippen MR) is 191 cm³/mol. The van der Waals surface area contributed by atoms with Crippen LogP contribution in [-0.2, 0) is 9.84 Å². The van der Waals surface area contributed by atoms with Crippen LogP contribution < -0.4 is 37.9 Å². The first kappa shape index (κ1) is 36.5. The number of rotatable bonds is 16. The highest BCUT2D eigenvalue weighted by atomic mass is 32.2. The summed E-state index contributed by atoms with van der Waals surface area (Å²) in [5, 5.41) is -2.22. The topological polar surface area (TPSA) is 108 Å². The van der Waals surface area contributed by atoms with Crippen molar-refractivity contribution < 1.29 is 46.3 Å². The molecule has 0 heterocycles. The highest BCUT2D eigenvalue weighted by Crippen LogP contribution is 2.44. The number of hydrogen-bond donors (Lipinski definition) is 0. The van der Waals surface area contributed by atoms with Crippen LogP contribution in [-0.4, -0.2) is 65.3 Å². The van der Waals surface area contributed by atoms with E-state index >= 15 is 8.42 Å². The minimum absolute atomic E-state index is 0.388. The molecule has 4 rings (SSSR count). The van der Waals surface area contributed by atoms with Crippen LogP contribution in [0, 0.1) is 0 Å². The van der Waals surface area contributed by atoms with Crippen LogP contribution >= 0.6 is 0 Å². The van der Waals surface area contributed by atoms with Gasteiger partial charge in [-0.1, -0.05) is 48.6 Å². The summed E-state index contributed by atoms with van der Waals surface area (Å²) >= 11 is 0. The molecule has 4 aromatic carbocycles. The van der Waals surface area contributed by atoms with Crippen LogP contribution in [0.4, 0.5) is 0 Å². The zero-order chi connectivity index (χ0) is 35.6. The molecule has 0 spiro atoms.